The molecule has 1 atom stereocenters. The topological polar surface area (TPSA) is 79.3 Å². The van der Waals surface area contributed by atoms with Gasteiger partial charge in [0.15, 0.2) is 11.0 Å². The lowest BCUT2D eigenvalue weighted by atomic mass is 10.0. The lowest BCUT2D eigenvalue weighted by Gasteiger charge is -2.14. The Morgan fingerprint density at radius 1 is 1.21 bits per heavy atom. The number of nitrogens with one attached hydrogen (secondary N) is 1. The van der Waals surface area contributed by atoms with Crippen LogP contribution < -0.4 is 4.72 Å². The molecule has 0 aliphatic heterocycles. The second kappa shape index (κ2) is 9.15. The fraction of sp³-hybridized carbons (Fsp3) is 0.143. The maximum absolute atomic E-state index is 14.7. The Balaban J connectivity index is 1.93. The zero-order valence-electron chi connectivity index (χ0n) is 15.5. The average molecular weight is 433 g/mol. The SMILES string of the molecule is Cc1cncc(S(=O)Nc2c(F)cc(Cl)cc2-c2ccc(CCC(=O)O)cc2)c1. The number of halogens is 2. The summed E-state index contributed by atoms with van der Waals surface area (Å²) in [7, 11) is -1.72. The van der Waals surface area contributed by atoms with Crippen LogP contribution in [0.15, 0.2) is 59.8 Å². The molecule has 0 fully saturated rings. The minimum Gasteiger partial charge on any atom is -0.481 e. The van der Waals surface area contributed by atoms with Crippen molar-refractivity contribution in [1.29, 1.82) is 0 Å². The third kappa shape index (κ3) is 5.40. The quantitative estimate of drug-likeness (QED) is 0.550. The van der Waals surface area contributed by atoms with E-state index in [0.717, 1.165) is 17.2 Å². The second-order valence-electron chi connectivity index (χ2n) is 6.47. The van der Waals surface area contributed by atoms with Gasteiger partial charge in [0.05, 0.1) is 10.6 Å². The summed E-state index contributed by atoms with van der Waals surface area (Å²) >= 11 is 6.04. The van der Waals surface area contributed by atoms with Gasteiger partial charge in [-0.25, -0.2) is 8.60 Å². The molecule has 0 radical (unpaired) electrons. The van der Waals surface area contributed by atoms with Gasteiger partial charge in [0.25, 0.3) is 0 Å². The van der Waals surface area contributed by atoms with E-state index in [1.807, 2.05) is 6.92 Å². The van der Waals surface area contributed by atoms with Crippen LogP contribution in [0.5, 0.6) is 0 Å². The molecule has 0 aliphatic carbocycles. The van der Waals surface area contributed by atoms with E-state index in [1.54, 1.807) is 42.6 Å². The Morgan fingerprint density at radius 2 is 1.93 bits per heavy atom. The molecule has 1 aromatic heterocycles. The van der Waals surface area contributed by atoms with Crippen molar-refractivity contribution in [3.05, 3.63) is 76.8 Å². The van der Waals surface area contributed by atoms with Gasteiger partial charge in [0.2, 0.25) is 0 Å². The molecule has 150 valence electrons. The van der Waals surface area contributed by atoms with Crippen LogP contribution in [0.1, 0.15) is 17.5 Å². The summed E-state index contributed by atoms with van der Waals surface area (Å²) in [4.78, 5) is 15.2. The maximum Gasteiger partial charge on any atom is 0.303 e. The molecule has 8 heteroatoms. The van der Waals surface area contributed by atoms with Crippen LogP contribution in [0.25, 0.3) is 11.1 Å². The van der Waals surface area contributed by atoms with Gasteiger partial charge >= 0.3 is 5.97 Å². The number of carboxylic acid groups (broad SMARTS) is 1. The molecule has 0 saturated carbocycles. The minimum absolute atomic E-state index is 0.0292. The molecular formula is C21H18ClFN2O3S. The standard InChI is InChI=1S/C21H18ClFN2O3S/c1-13-8-17(12-24-11-13)29(28)25-21-18(9-16(22)10-19(21)23)15-5-2-14(3-6-15)4-7-20(26)27/h2-3,5-6,8-12,25H,4,7H2,1H3,(H,26,27). The molecule has 0 saturated heterocycles. The third-order valence-electron chi connectivity index (χ3n) is 4.21. The van der Waals surface area contributed by atoms with E-state index in [4.69, 9.17) is 16.7 Å². The Morgan fingerprint density at radius 3 is 2.59 bits per heavy atom. The van der Waals surface area contributed by atoms with Gasteiger partial charge in [-0.2, -0.15) is 0 Å². The van der Waals surface area contributed by atoms with E-state index in [-0.39, 0.29) is 17.1 Å². The molecule has 1 heterocycles. The van der Waals surface area contributed by atoms with Gasteiger partial charge in [-0.1, -0.05) is 35.9 Å². The van der Waals surface area contributed by atoms with Crippen molar-refractivity contribution in [1.82, 2.24) is 4.98 Å². The lowest BCUT2D eigenvalue weighted by Crippen LogP contribution is -2.08. The van der Waals surface area contributed by atoms with E-state index in [9.17, 15) is 13.4 Å². The predicted molar refractivity (Wildman–Crippen MR) is 112 cm³/mol. The molecule has 2 aromatic carbocycles. The highest BCUT2D eigenvalue weighted by molar-refractivity contribution is 7.86. The van der Waals surface area contributed by atoms with Crippen LogP contribution in [0.2, 0.25) is 5.02 Å². The number of carbonyl (C=O) groups is 1. The summed E-state index contributed by atoms with van der Waals surface area (Å²) < 4.78 is 30.1. The van der Waals surface area contributed by atoms with Gasteiger partial charge in [-0.3, -0.25) is 14.5 Å². The predicted octanol–water partition coefficient (Wildman–Crippen LogP) is 5.00. The van der Waals surface area contributed by atoms with Crippen LogP contribution in [0.4, 0.5) is 10.1 Å². The van der Waals surface area contributed by atoms with Gasteiger partial charge in [0, 0.05) is 29.4 Å². The number of hydrogen-bond donors (Lipinski definition) is 2. The van der Waals surface area contributed by atoms with Crippen molar-refractivity contribution >= 4 is 34.2 Å². The summed E-state index contributed by atoms with van der Waals surface area (Å²) in [6, 6.07) is 11.5. The molecule has 0 aliphatic rings. The third-order valence-corrected chi connectivity index (χ3v) is 5.47. The van der Waals surface area contributed by atoms with Crippen LogP contribution in [0, 0.1) is 12.7 Å². The molecule has 3 rings (SSSR count). The Kier molecular flexibility index (Phi) is 6.61. The summed E-state index contributed by atoms with van der Waals surface area (Å²) in [6.45, 7) is 1.83. The van der Waals surface area contributed by atoms with Crippen molar-refractivity contribution in [3.63, 3.8) is 0 Å². The fourth-order valence-electron chi connectivity index (χ4n) is 2.79. The van der Waals surface area contributed by atoms with Crippen molar-refractivity contribution < 1.29 is 18.5 Å². The number of nitrogens with zero attached hydrogens (tertiary/aromatic N) is 1. The van der Waals surface area contributed by atoms with Crippen LogP contribution in [-0.2, 0) is 22.2 Å². The molecule has 0 amide bonds. The highest BCUT2D eigenvalue weighted by Gasteiger charge is 2.16. The zero-order chi connectivity index (χ0) is 21.0. The molecule has 5 nitrogen and oxygen atoms in total. The number of aryl methyl sites for hydroxylation is 2. The monoisotopic (exact) mass is 432 g/mol. The first kappa shape index (κ1) is 21.0. The zero-order valence-corrected chi connectivity index (χ0v) is 17.1. The largest absolute Gasteiger partial charge is 0.481 e. The Labute approximate surface area is 175 Å². The van der Waals surface area contributed by atoms with Crippen molar-refractivity contribution in [2.75, 3.05) is 4.72 Å². The van der Waals surface area contributed by atoms with E-state index in [0.29, 0.717) is 22.4 Å². The fourth-order valence-corrected chi connectivity index (χ4v) is 3.95. The molecule has 3 aromatic rings. The number of aromatic nitrogens is 1. The second-order valence-corrected chi connectivity index (χ2v) is 8.12. The highest BCUT2D eigenvalue weighted by atomic mass is 35.5. The average Bonchev–Trinajstić information content (AvgIpc) is 2.68. The minimum atomic E-state index is -1.72. The number of hydrogen-bond acceptors (Lipinski definition) is 3. The number of aliphatic carboxylic acids is 1. The summed E-state index contributed by atoms with van der Waals surface area (Å²) in [5.41, 5.74) is 2.86. The van der Waals surface area contributed by atoms with Gasteiger partial charge < -0.3 is 5.11 Å². The van der Waals surface area contributed by atoms with E-state index in [1.165, 1.54) is 6.20 Å². The van der Waals surface area contributed by atoms with Gasteiger partial charge in [-0.05, 0) is 48.2 Å². The summed E-state index contributed by atoms with van der Waals surface area (Å²) in [5, 5.41) is 9.01. The number of anilines is 1. The van der Waals surface area contributed by atoms with Gasteiger partial charge in [0.1, 0.15) is 5.82 Å². The van der Waals surface area contributed by atoms with Crippen molar-refractivity contribution in [2.45, 2.75) is 24.7 Å². The van der Waals surface area contributed by atoms with Crippen molar-refractivity contribution in [2.24, 2.45) is 0 Å². The first-order chi connectivity index (χ1) is 13.8. The summed E-state index contributed by atoms with van der Waals surface area (Å²) in [6.07, 6.45) is 3.53. The molecule has 0 spiro atoms. The number of rotatable bonds is 7. The number of benzene rings is 2. The number of pyridine rings is 1. The highest BCUT2D eigenvalue weighted by Crippen LogP contribution is 2.34. The Hall–Kier alpha value is -2.77. The van der Waals surface area contributed by atoms with E-state index >= 15 is 0 Å². The summed E-state index contributed by atoms with van der Waals surface area (Å²) in [5.74, 6) is -1.50. The van der Waals surface area contributed by atoms with Crippen LogP contribution in [0.3, 0.4) is 0 Å². The van der Waals surface area contributed by atoms with E-state index < -0.39 is 22.8 Å². The van der Waals surface area contributed by atoms with Crippen LogP contribution >= 0.6 is 11.6 Å². The molecular weight excluding hydrogens is 415 g/mol. The normalized spacial score (nSPS) is 11.8. The molecule has 0 bridgehead atoms. The Bertz CT molecular complexity index is 1070. The molecule has 29 heavy (non-hydrogen) atoms. The maximum atomic E-state index is 14.7. The lowest BCUT2D eigenvalue weighted by molar-refractivity contribution is -0.136. The first-order valence-electron chi connectivity index (χ1n) is 8.73. The van der Waals surface area contributed by atoms with E-state index in [2.05, 4.69) is 9.71 Å². The number of carboxylic acids is 1. The smallest absolute Gasteiger partial charge is 0.303 e. The first-order valence-corrected chi connectivity index (χ1v) is 10.3. The molecule has 2 N–H and O–H groups in total. The van der Waals surface area contributed by atoms with Crippen LogP contribution in [-0.4, -0.2) is 20.3 Å². The van der Waals surface area contributed by atoms with Gasteiger partial charge in [-0.15, -0.1) is 0 Å². The molecule has 1 unspecified atom stereocenters. The van der Waals surface area contributed by atoms with Crippen molar-refractivity contribution in [3.8, 4) is 11.1 Å².